The summed E-state index contributed by atoms with van der Waals surface area (Å²) in [6, 6.07) is 14.9. The number of fused-ring (bicyclic) bond motifs is 1. The fourth-order valence-corrected chi connectivity index (χ4v) is 6.78. The van der Waals surface area contributed by atoms with Crippen LogP contribution in [-0.4, -0.2) is 13.4 Å². The molecule has 3 rings (SSSR count). The lowest BCUT2D eigenvalue weighted by Crippen LogP contribution is -1.98. The van der Waals surface area contributed by atoms with E-state index >= 15 is 0 Å². The van der Waals surface area contributed by atoms with E-state index in [0.29, 0.717) is 4.34 Å². The van der Waals surface area contributed by atoms with E-state index in [1.165, 1.54) is 11.3 Å². The van der Waals surface area contributed by atoms with Crippen LogP contribution >= 0.6 is 38.1 Å². The van der Waals surface area contributed by atoms with Gasteiger partial charge in [0.2, 0.25) is 8.87 Å². The minimum Gasteiger partial charge on any atom is -0.229 e. The number of hydrogen-bond acceptors (Lipinski definition) is 5. The molecule has 0 spiro atoms. The third kappa shape index (κ3) is 3.85. The molecule has 0 radical (unpaired) electrons. The van der Waals surface area contributed by atoms with Crippen LogP contribution < -0.4 is 0 Å². The first-order chi connectivity index (χ1) is 10.0. The number of benzene rings is 2. The lowest BCUT2D eigenvalue weighted by molar-refractivity contribution is 0.609. The first kappa shape index (κ1) is 15.0. The van der Waals surface area contributed by atoms with Crippen LogP contribution in [0.3, 0.4) is 0 Å². The van der Waals surface area contributed by atoms with Gasteiger partial charge >= 0.3 is 0 Å². The highest BCUT2D eigenvalue weighted by Crippen LogP contribution is 2.34. The molecule has 1 aromatic heterocycles. The molecule has 0 amide bonds. The van der Waals surface area contributed by atoms with Crippen molar-refractivity contribution in [3.63, 3.8) is 0 Å². The Morgan fingerprint density at radius 1 is 1.10 bits per heavy atom. The number of thiazole rings is 1. The molecule has 0 aliphatic rings. The van der Waals surface area contributed by atoms with Crippen LogP contribution in [0.5, 0.6) is 0 Å². The summed E-state index contributed by atoms with van der Waals surface area (Å²) in [5.41, 5.74) is 1.61. The number of nitrogens with zero attached hydrogens (tertiary/aromatic N) is 1. The average molecular weight is 400 g/mol. The van der Waals surface area contributed by atoms with Gasteiger partial charge in [-0.2, -0.15) is 0 Å². The number of para-hydroxylation sites is 1. The molecule has 0 saturated heterocycles. The van der Waals surface area contributed by atoms with E-state index in [9.17, 15) is 8.42 Å². The maximum Gasteiger partial charge on any atom is 0.212 e. The summed E-state index contributed by atoms with van der Waals surface area (Å²) >= 11 is 4.74. The summed E-state index contributed by atoms with van der Waals surface area (Å²) in [6.45, 7) is 0. The van der Waals surface area contributed by atoms with E-state index < -0.39 is 8.87 Å². The Morgan fingerprint density at radius 2 is 1.81 bits per heavy atom. The van der Waals surface area contributed by atoms with Crippen molar-refractivity contribution in [3.8, 4) is 0 Å². The van der Waals surface area contributed by atoms with E-state index in [2.05, 4.69) is 20.9 Å². The quantitative estimate of drug-likeness (QED) is 0.597. The van der Waals surface area contributed by atoms with Gasteiger partial charge in [0.25, 0.3) is 0 Å². The summed E-state index contributed by atoms with van der Waals surface area (Å²) in [4.78, 5) is 4.35. The SMILES string of the molecule is O=S(=O)(Cc1ccc(Br)cc1)Sc1nc2ccccc2s1. The van der Waals surface area contributed by atoms with Crippen molar-refractivity contribution in [1.29, 1.82) is 0 Å². The van der Waals surface area contributed by atoms with Crippen LogP contribution in [0.25, 0.3) is 10.2 Å². The van der Waals surface area contributed by atoms with Crippen molar-refractivity contribution in [2.24, 2.45) is 0 Å². The predicted molar refractivity (Wildman–Crippen MR) is 92.2 cm³/mol. The molecule has 7 heteroatoms. The smallest absolute Gasteiger partial charge is 0.212 e. The molecule has 1 heterocycles. The molecule has 0 saturated carbocycles. The standard InChI is InChI=1S/C14H10BrNO2S3/c15-11-7-5-10(6-8-11)9-21(17,18)20-14-16-12-3-1-2-4-13(12)19-14/h1-8H,9H2. The first-order valence-electron chi connectivity index (χ1n) is 6.04. The van der Waals surface area contributed by atoms with E-state index in [1.807, 2.05) is 36.4 Å². The summed E-state index contributed by atoms with van der Waals surface area (Å²) in [5, 5.41) is 0. The molecule has 0 aliphatic carbocycles. The van der Waals surface area contributed by atoms with Crippen molar-refractivity contribution < 1.29 is 8.42 Å². The fourth-order valence-electron chi connectivity index (χ4n) is 1.81. The molecule has 108 valence electrons. The third-order valence-electron chi connectivity index (χ3n) is 2.73. The van der Waals surface area contributed by atoms with Crippen LogP contribution in [-0.2, 0) is 14.6 Å². The first-order valence-corrected chi connectivity index (χ1v) is 10.6. The van der Waals surface area contributed by atoms with Gasteiger partial charge in [-0.3, -0.25) is 0 Å². The number of rotatable bonds is 4. The molecule has 2 aromatic carbocycles. The van der Waals surface area contributed by atoms with E-state index in [4.69, 9.17) is 0 Å². The molecule has 0 N–H and O–H groups in total. The number of hydrogen-bond donors (Lipinski definition) is 0. The molecule has 0 unspecified atom stereocenters. The van der Waals surface area contributed by atoms with Gasteiger partial charge < -0.3 is 0 Å². The van der Waals surface area contributed by atoms with Gasteiger partial charge in [-0.05, 0) is 29.8 Å². The molecule has 21 heavy (non-hydrogen) atoms. The highest BCUT2D eigenvalue weighted by Gasteiger charge is 2.17. The number of halogens is 1. The minimum atomic E-state index is -3.30. The van der Waals surface area contributed by atoms with Crippen LogP contribution in [0, 0.1) is 0 Å². The maximum absolute atomic E-state index is 12.2. The third-order valence-corrected chi connectivity index (χ3v) is 7.67. The highest BCUT2D eigenvalue weighted by atomic mass is 79.9. The van der Waals surface area contributed by atoms with Gasteiger partial charge in [0.1, 0.15) is 0 Å². The van der Waals surface area contributed by atoms with Crippen LogP contribution in [0.15, 0.2) is 57.3 Å². The zero-order valence-electron chi connectivity index (χ0n) is 10.7. The Labute approximate surface area is 138 Å². The van der Waals surface area contributed by atoms with Crippen molar-refractivity contribution in [1.82, 2.24) is 4.98 Å². The Hall–Kier alpha value is -0.890. The lowest BCUT2D eigenvalue weighted by Gasteiger charge is -2.02. The van der Waals surface area contributed by atoms with Crippen molar-refractivity contribution in [3.05, 3.63) is 58.6 Å². The molecule has 3 nitrogen and oxygen atoms in total. The lowest BCUT2D eigenvalue weighted by atomic mass is 10.2. The van der Waals surface area contributed by atoms with E-state index in [0.717, 1.165) is 31.0 Å². The van der Waals surface area contributed by atoms with Gasteiger partial charge in [-0.15, -0.1) is 11.3 Å². The van der Waals surface area contributed by atoms with Gasteiger partial charge in [0, 0.05) is 15.3 Å². The summed E-state index contributed by atoms with van der Waals surface area (Å²) in [5.74, 6) is 0.000865. The average Bonchev–Trinajstić information content (AvgIpc) is 2.82. The second-order valence-corrected chi connectivity index (χ2v) is 10.5. The Morgan fingerprint density at radius 3 is 2.52 bits per heavy atom. The second-order valence-electron chi connectivity index (χ2n) is 4.36. The highest BCUT2D eigenvalue weighted by molar-refractivity contribution is 9.10. The van der Waals surface area contributed by atoms with Gasteiger partial charge in [0.05, 0.1) is 16.0 Å². The van der Waals surface area contributed by atoms with E-state index in [1.54, 1.807) is 12.1 Å². The molecule has 0 aliphatic heterocycles. The topological polar surface area (TPSA) is 47.0 Å². The fraction of sp³-hybridized carbons (Fsp3) is 0.0714. The van der Waals surface area contributed by atoms with Crippen molar-refractivity contribution in [2.45, 2.75) is 10.1 Å². The van der Waals surface area contributed by atoms with Crippen LogP contribution in [0.4, 0.5) is 0 Å². The summed E-state index contributed by atoms with van der Waals surface area (Å²) in [6.07, 6.45) is 0. The zero-order valence-corrected chi connectivity index (χ0v) is 14.7. The molecule has 0 atom stereocenters. The predicted octanol–water partition coefficient (Wildman–Crippen LogP) is 4.68. The van der Waals surface area contributed by atoms with Gasteiger partial charge in [0.15, 0.2) is 4.34 Å². The molecule has 0 bridgehead atoms. The number of aromatic nitrogens is 1. The Balaban J connectivity index is 1.80. The minimum absolute atomic E-state index is 0.000865. The van der Waals surface area contributed by atoms with E-state index in [-0.39, 0.29) is 5.75 Å². The normalized spacial score (nSPS) is 11.9. The molecular formula is C14H10BrNO2S3. The van der Waals surface area contributed by atoms with Gasteiger partial charge in [-0.25, -0.2) is 13.4 Å². The van der Waals surface area contributed by atoms with Gasteiger partial charge in [-0.1, -0.05) is 40.2 Å². The molecule has 0 fully saturated rings. The largest absolute Gasteiger partial charge is 0.229 e. The van der Waals surface area contributed by atoms with Crippen LogP contribution in [0.2, 0.25) is 0 Å². The Kier molecular flexibility index (Phi) is 4.35. The monoisotopic (exact) mass is 399 g/mol. The van der Waals surface area contributed by atoms with Crippen LogP contribution in [0.1, 0.15) is 5.56 Å². The Bertz CT molecular complexity index is 840. The zero-order chi connectivity index (χ0) is 14.9. The second kappa shape index (κ2) is 6.08. The molecule has 3 aromatic rings. The van der Waals surface area contributed by atoms with Crippen molar-refractivity contribution >= 4 is 57.1 Å². The molecular weight excluding hydrogens is 390 g/mol. The summed E-state index contributed by atoms with van der Waals surface area (Å²) in [7, 11) is -2.46. The van der Waals surface area contributed by atoms with Crippen molar-refractivity contribution in [2.75, 3.05) is 0 Å². The summed E-state index contributed by atoms with van der Waals surface area (Å²) < 4.78 is 27.0. The maximum atomic E-state index is 12.2.